The summed E-state index contributed by atoms with van der Waals surface area (Å²) in [6.45, 7) is 1.23. The van der Waals surface area contributed by atoms with E-state index in [-0.39, 0.29) is 23.9 Å². The molecule has 136 valence electrons. The quantitative estimate of drug-likeness (QED) is 0.584. The normalized spacial score (nSPS) is 16.3. The van der Waals surface area contributed by atoms with Crippen LogP contribution in [0.5, 0.6) is 0 Å². The summed E-state index contributed by atoms with van der Waals surface area (Å²) in [7, 11) is -3.67. The minimum Gasteiger partial charge on any atom is -0.336 e. The second kappa shape index (κ2) is 6.97. The van der Waals surface area contributed by atoms with Gasteiger partial charge in [0.25, 0.3) is 5.91 Å². The molecule has 0 radical (unpaired) electrons. The first-order chi connectivity index (χ1) is 12.5. The van der Waals surface area contributed by atoms with E-state index in [4.69, 9.17) is 0 Å². The molecule has 1 amide bonds. The third-order valence-corrected chi connectivity index (χ3v) is 8.18. The van der Waals surface area contributed by atoms with E-state index < -0.39 is 10.0 Å². The van der Waals surface area contributed by atoms with Crippen molar-refractivity contribution in [2.24, 2.45) is 0 Å². The van der Waals surface area contributed by atoms with Crippen molar-refractivity contribution >= 4 is 66.0 Å². The van der Waals surface area contributed by atoms with Crippen LogP contribution in [0.15, 0.2) is 38.3 Å². The molecule has 0 unspecified atom stereocenters. The average Bonchev–Trinajstić information content (AvgIpc) is 3.29. The highest BCUT2D eigenvalue weighted by atomic mass is 79.9. The Morgan fingerprint density at radius 2 is 1.92 bits per heavy atom. The first-order valence-corrected chi connectivity index (χ1v) is 11.6. The number of carbonyl (C=O) groups is 1. The lowest BCUT2D eigenvalue weighted by Crippen LogP contribution is -2.50. The summed E-state index contributed by atoms with van der Waals surface area (Å²) in [6.07, 6.45) is 0. The van der Waals surface area contributed by atoms with Crippen molar-refractivity contribution in [3.05, 3.63) is 39.0 Å². The smallest absolute Gasteiger partial charge is 0.254 e. The molecule has 0 saturated carbocycles. The molecule has 0 aliphatic carbocycles. The predicted octanol–water partition coefficient (Wildman–Crippen LogP) is 2.66. The van der Waals surface area contributed by atoms with Crippen LogP contribution < -0.4 is 0 Å². The summed E-state index contributed by atoms with van der Waals surface area (Å²) >= 11 is 5.80. The van der Waals surface area contributed by atoms with Crippen molar-refractivity contribution in [1.29, 1.82) is 0 Å². The van der Waals surface area contributed by atoms with Gasteiger partial charge in [-0.05, 0) is 34.1 Å². The van der Waals surface area contributed by atoms with Gasteiger partial charge in [-0.15, -0.1) is 11.3 Å². The van der Waals surface area contributed by atoms with Gasteiger partial charge in [0, 0.05) is 31.6 Å². The number of amides is 1. The van der Waals surface area contributed by atoms with Crippen molar-refractivity contribution in [3.8, 4) is 0 Å². The molecule has 11 heteroatoms. The third-order valence-electron chi connectivity index (χ3n) is 4.21. The van der Waals surface area contributed by atoms with Gasteiger partial charge in [0.2, 0.25) is 10.0 Å². The lowest BCUT2D eigenvalue weighted by Gasteiger charge is -2.33. The maximum absolute atomic E-state index is 13.0. The highest BCUT2D eigenvalue weighted by Crippen LogP contribution is 2.26. The molecule has 26 heavy (non-hydrogen) atoms. The molecule has 0 atom stereocenters. The number of hydrogen-bond donors (Lipinski definition) is 0. The number of nitrogens with zero attached hydrogens (tertiary/aromatic N) is 4. The Labute approximate surface area is 166 Å². The summed E-state index contributed by atoms with van der Waals surface area (Å²) in [5, 5.41) is 1.80. The van der Waals surface area contributed by atoms with Crippen molar-refractivity contribution in [2.75, 3.05) is 26.2 Å². The molecule has 0 bridgehead atoms. The number of hydrogen-bond acceptors (Lipinski definition) is 7. The minimum atomic E-state index is -3.67. The van der Waals surface area contributed by atoms with Crippen molar-refractivity contribution in [1.82, 2.24) is 18.0 Å². The molecule has 1 saturated heterocycles. The van der Waals surface area contributed by atoms with Crippen LogP contribution in [0, 0.1) is 0 Å². The second-order valence-corrected chi connectivity index (χ2v) is 10.4. The summed E-state index contributed by atoms with van der Waals surface area (Å²) < 4.78 is 36.5. The van der Waals surface area contributed by atoms with E-state index in [0.29, 0.717) is 29.7 Å². The molecule has 3 aromatic rings. The Bertz CT molecular complexity index is 1070. The molecule has 1 aromatic carbocycles. The summed E-state index contributed by atoms with van der Waals surface area (Å²) in [4.78, 5) is 14.4. The molecule has 0 N–H and O–H groups in total. The van der Waals surface area contributed by atoms with Gasteiger partial charge in [0.05, 0.1) is 21.1 Å². The van der Waals surface area contributed by atoms with E-state index in [9.17, 15) is 13.2 Å². The zero-order valence-corrected chi connectivity index (χ0v) is 17.4. The minimum absolute atomic E-state index is 0.0743. The lowest BCUT2D eigenvalue weighted by atomic mass is 10.2. The Morgan fingerprint density at radius 3 is 2.62 bits per heavy atom. The summed E-state index contributed by atoms with van der Waals surface area (Å²) in [5.41, 5.74) is 1.60. The van der Waals surface area contributed by atoms with Gasteiger partial charge in [-0.1, -0.05) is 6.07 Å². The SMILES string of the molecule is O=C(c1csc(Br)c1)N1CCN(S(=O)(=O)c2cccc3nsnc23)CC1. The van der Waals surface area contributed by atoms with Gasteiger partial charge in [0.15, 0.2) is 0 Å². The molecular formula is C15H13BrN4O3S3. The Kier molecular flexibility index (Phi) is 4.82. The van der Waals surface area contributed by atoms with Gasteiger partial charge in [-0.25, -0.2) is 8.42 Å². The predicted molar refractivity (Wildman–Crippen MR) is 104 cm³/mol. The molecule has 2 aromatic heterocycles. The molecule has 4 rings (SSSR count). The topological polar surface area (TPSA) is 83.5 Å². The zero-order valence-electron chi connectivity index (χ0n) is 13.3. The van der Waals surface area contributed by atoms with E-state index in [1.165, 1.54) is 15.6 Å². The van der Waals surface area contributed by atoms with E-state index >= 15 is 0 Å². The van der Waals surface area contributed by atoms with Gasteiger partial charge in [-0.2, -0.15) is 13.1 Å². The fourth-order valence-electron chi connectivity index (χ4n) is 2.86. The Balaban J connectivity index is 1.52. The van der Waals surface area contributed by atoms with Gasteiger partial charge in [-0.3, -0.25) is 4.79 Å². The molecule has 3 heterocycles. The number of benzene rings is 1. The Morgan fingerprint density at radius 1 is 1.15 bits per heavy atom. The monoisotopic (exact) mass is 472 g/mol. The van der Waals surface area contributed by atoms with E-state index in [2.05, 4.69) is 24.7 Å². The Hall–Kier alpha value is -1.40. The van der Waals surface area contributed by atoms with E-state index in [0.717, 1.165) is 15.5 Å². The van der Waals surface area contributed by atoms with Crippen LogP contribution in [-0.2, 0) is 10.0 Å². The first kappa shape index (κ1) is 18.0. The third kappa shape index (κ3) is 3.18. The van der Waals surface area contributed by atoms with E-state index in [1.807, 2.05) is 0 Å². The standard InChI is InChI=1S/C15H13BrN4O3S3/c16-13-8-10(9-24-13)15(21)19-4-6-20(7-5-19)26(22,23)12-3-1-2-11-14(12)18-25-17-11/h1-3,8-9H,4-7H2. The largest absolute Gasteiger partial charge is 0.336 e. The number of carbonyl (C=O) groups excluding carboxylic acids is 1. The number of halogens is 1. The molecule has 1 aliphatic heterocycles. The fraction of sp³-hybridized carbons (Fsp3) is 0.267. The van der Waals surface area contributed by atoms with E-state index in [1.54, 1.807) is 34.5 Å². The van der Waals surface area contributed by atoms with Gasteiger partial charge < -0.3 is 4.90 Å². The van der Waals surface area contributed by atoms with Crippen LogP contribution in [-0.4, -0.2) is 58.5 Å². The van der Waals surface area contributed by atoms with Crippen molar-refractivity contribution in [2.45, 2.75) is 4.90 Å². The number of sulfonamides is 1. The maximum Gasteiger partial charge on any atom is 0.254 e. The van der Waals surface area contributed by atoms with Crippen LogP contribution >= 0.6 is 39.0 Å². The summed E-state index contributed by atoms with van der Waals surface area (Å²) in [5.74, 6) is -0.0743. The van der Waals surface area contributed by atoms with Crippen molar-refractivity contribution in [3.63, 3.8) is 0 Å². The van der Waals surface area contributed by atoms with Crippen molar-refractivity contribution < 1.29 is 13.2 Å². The summed E-state index contributed by atoms with van der Waals surface area (Å²) in [6, 6.07) is 6.75. The van der Waals surface area contributed by atoms with Crippen LogP contribution in [0.1, 0.15) is 10.4 Å². The number of fused-ring (bicyclic) bond motifs is 1. The van der Waals surface area contributed by atoms with Crippen LogP contribution in [0.4, 0.5) is 0 Å². The lowest BCUT2D eigenvalue weighted by molar-refractivity contribution is 0.0698. The highest BCUT2D eigenvalue weighted by Gasteiger charge is 2.32. The number of aromatic nitrogens is 2. The van der Waals surface area contributed by atoms with Gasteiger partial charge >= 0.3 is 0 Å². The average molecular weight is 473 g/mol. The highest BCUT2D eigenvalue weighted by molar-refractivity contribution is 9.11. The maximum atomic E-state index is 13.0. The zero-order chi connectivity index (χ0) is 18.3. The first-order valence-electron chi connectivity index (χ1n) is 7.71. The van der Waals surface area contributed by atoms with Crippen LogP contribution in [0.2, 0.25) is 0 Å². The number of rotatable bonds is 3. The molecule has 1 fully saturated rings. The van der Waals surface area contributed by atoms with Gasteiger partial charge in [0.1, 0.15) is 15.9 Å². The fourth-order valence-corrected chi connectivity index (χ4v) is 6.17. The number of thiophene rings is 1. The molecule has 0 spiro atoms. The van der Waals surface area contributed by atoms with Crippen LogP contribution in [0.25, 0.3) is 11.0 Å². The molecular weight excluding hydrogens is 460 g/mol. The molecule has 1 aliphatic rings. The van der Waals surface area contributed by atoms with Crippen LogP contribution in [0.3, 0.4) is 0 Å². The second-order valence-electron chi connectivity index (χ2n) is 5.72. The number of piperazine rings is 1. The molecule has 7 nitrogen and oxygen atoms in total.